The van der Waals surface area contributed by atoms with Crippen LogP contribution in [0.15, 0.2) is 22.7 Å². The Balaban J connectivity index is 2.76. The van der Waals surface area contributed by atoms with Crippen LogP contribution in [0, 0.1) is 5.92 Å². The monoisotopic (exact) mass is 326 g/mol. The van der Waals surface area contributed by atoms with Crippen molar-refractivity contribution < 1.29 is 0 Å². The van der Waals surface area contributed by atoms with Crippen molar-refractivity contribution in [1.82, 2.24) is 5.32 Å². The van der Waals surface area contributed by atoms with Gasteiger partial charge in [-0.2, -0.15) is 0 Å². The van der Waals surface area contributed by atoms with Crippen LogP contribution in [-0.4, -0.2) is 19.6 Å². The molecule has 1 atom stereocenters. The fraction of sp³-hybridized carbons (Fsp3) is 0.625. The van der Waals surface area contributed by atoms with Gasteiger partial charge in [0.15, 0.2) is 0 Å². The second-order valence-electron chi connectivity index (χ2n) is 5.65. The van der Waals surface area contributed by atoms with Gasteiger partial charge in [0.1, 0.15) is 0 Å². The van der Waals surface area contributed by atoms with Gasteiger partial charge in [-0.1, -0.05) is 42.8 Å². The van der Waals surface area contributed by atoms with Crippen LogP contribution in [0.25, 0.3) is 0 Å². The summed E-state index contributed by atoms with van der Waals surface area (Å²) in [5.41, 5.74) is 2.59. The molecule has 0 bridgehead atoms. The third kappa shape index (κ3) is 5.15. The average molecular weight is 327 g/mol. The molecule has 1 rings (SSSR count). The molecule has 1 aromatic rings. The Bertz CT molecular complexity index is 390. The highest BCUT2D eigenvalue weighted by Crippen LogP contribution is 2.26. The lowest BCUT2D eigenvalue weighted by atomic mass is 10.0. The summed E-state index contributed by atoms with van der Waals surface area (Å²) in [6.45, 7) is 10.9. The minimum atomic E-state index is 0.562. The van der Waals surface area contributed by atoms with Crippen molar-refractivity contribution in [2.24, 2.45) is 5.92 Å². The van der Waals surface area contributed by atoms with Gasteiger partial charge in [-0.3, -0.25) is 0 Å². The summed E-state index contributed by atoms with van der Waals surface area (Å²) in [4.78, 5) is 2.36. The summed E-state index contributed by atoms with van der Waals surface area (Å²) in [5.74, 6) is 0.730. The van der Waals surface area contributed by atoms with Crippen molar-refractivity contribution >= 4 is 21.6 Å². The fourth-order valence-electron chi connectivity index (χ4n) is 2.25. The highest BCUT2D eigenvalue weighted by molar-refractivity contribution is 9.10. The van der Waals surface area contributed by atoms with E-state index in [1.54, 1.807) is 0 Å². The Kier molecular flexibility index (Phi) is 6.87. The topological polar surface area (TPSA) is 15.3 Å². The van der Waals surface area contributed by atoms with E-state index < -0.39 is 0 Å². The predicted octanol–water partition coefficient (Wildman–Crippen LogP) is 4.43. The molecular formula is C16H27BrN2. The van der Waals surface area contributed by atoms with Crippen molar-refractivity contribution in [2.45, 2.75) is 46.7 Å². The molecule has 3 heteroatoms. The van der Waals surface area contributed by atoms with E-state index >= 15 is 0 Å². The molecular weight excluding hydrogens is 300 g/mol. The van der Waals surface area contributed by atoms with E-state index in [9.17, 15) is 0 Å². The fourth-order valence-corrected chi connectivity index (χ4v) is 2.76. The summed E-state index contributed by atoms with van der Waals surface area (Å²) >= 11 is 3.68. The van der Waals surface area contributed by atoms with E-state index in [0.717, 1.165) is 19.0 Å². The minimum absolute atomic E-state index is 0.562. The first-order valence-corrected chi connectivity index (χ1v) is 7.97. The third-order valence-corrected chi connectivity index (χ3v) is 4.22. The number of hydrogen-bond acceptors (Lipinski definition) is 2. The first-order valence-electron chi connectivity index (χ1n) is 7.17. The minimum Gasteiger partial charge on any atom is -0.372 e. The normalized spacial score (nSPS) is 12.8. The van der Waals surface area contributed by atoms with Crippen molar-refractivity contribution in [3.8, 4) is 0 Å². The van der Waals surface area contributed by atoms with Crippen molar-refractivity contribution in [3.63, 3.8) is 0 Å². The molecule has 19 heavy (non-hydrogen) atoms. The molecule has 0 radical (unpaired) electrons. The molecule has 2 nitrogen and oxygen atoms in total. The zero-order valence-electron chi connectivity index (χ0n) is 12.8. The van der Waals surface area contributed by atoms with Gasteiger partial charge in [0.25, 0.3) is 0 Å². The van der Waals surface area contributed by atoms with Crippen LogP contribution in [0.4, 0.5) is 5.69 Å². The summed E-state index contributed by atoms with van der Waals surface area (Å²) in [6.07, 6.45) is 1.22. The summed E-state index contributed by atoms with van der Waals surface area (Å²) in [7, 11) is 2.18. The van der Waals surface area contributed by atoms with Gasteiger partial charge >= 0.3 is 0 Å². The maximum atomic E-state index is 3.68. The number of nitrogens with one attached hydrogen (secondary N) is 1. The van der Waals surface area contributed by atoms with Gasteiger partial charge in [-0.05, 0) is 43.5 Å². The highest BCUT2D eigenvalue weighted by Gasteiger charge is 2.12. The molecule has 0 aliphatic carbocycles. The maximum Gasteiger partial charge on any atom is 0.0377 e. The van der Waals surface area contributed by atoms with Crippen LogP contribution < -0.4 is 10.2 Å². The molecule has 0 fully saturated rings. The van der Waals surface area contributed by atoms with E-state index in [1.807, 2.05) is 0 Å². The SMILES string of the molecule is CCNCc1ccc(N(C)C(C)CC(C)C)cc1Br. The zero-order valence-corrected chi connectivity index (χ0v) is 14.4. The lowest BCUT2D eigenvalue weighted by Crippen LogP contribution is -2.30. The van der Waals surface area contributed by atoms with Crippen LogP contribution in [0.3, 0.4) is 0 Å². The van der Waals surface area contributed by atoms with E-state index in [2.05, 4.69) is 79.1 Å². The molecule has 1 unspecified atom stereocenters. The van der Waals surface area contributed by atoms with Gasteiger partial charge in [-0.25, -0.2) is 0 Å². The lowest BCUT2D eigenvalue weighted by molar-refractivity contribution is 0.504. The highest BCUT2D eigenvalue weighted by atomic mass is 79.9. The van der Waals surface area contributed by atoms with E-state index in [4.69, 9.17) is 0 Å². The average Bonchev–Trinajstić information content (AvgIpc) is 2.35. The number of anilines is 1. The Morgan fingerprint density at radius 1 is 1.26 bits per heavy atom. The molecule has 0 heterocycles. The second kappa shape index (κ2) is 7.91. The molecule has 0 aromatic heterocycles. The first kappa shape index (κ1) is 16.5. The predicted molar refractivity (Wildman–Crippen MR) is 88.8 cm³/mol. The number of hydrogen-bond donors (Lipinski definition) is 1. The standard InChI is InChI=1S/C16H27BrN2/c1-6-18-11-14-7-8-15(10-16(14)17)19(5)13(4)9-12(2)3/h7-8,10,12-13,18H,6,9,11H2,1-5H3. The first-order chi connectivity index (χ1) is 8.95. The Morgan fingerprint density at radius 3 is 2.47 bits per heavy atom. The zero-order chi connectivity index (χ0) is 14.4. The Labute approximate surface area is 126 Å². The molecule has 0 spiro atoms. The number of nitrogens with zero attached hydrogens (tertiary/aromatic N) is 1. The Morgan fingerprint density at radius 2 is 1.95 bits per heavy atom. The number of rotatable bonds is 7. The summed E-state index contributed by atoms with van der Waals surface area (Å²) < 4.78 is 1.19. The molecule has 1 aromatic carbocycles. The van der Waals surface area contributed by atoms with E-state index in [-0.39, 0.29) is 0 Å². The van der Waals surface area contributed by atoms with Crippen LogP contribution >= 0.6 is 15.9 Å². The number of halogens is 1. The van der Waals surface area contributed by atoms with Crippen LogP contribution in [-0.2, 0) is 6.54 Å². The van der Waals surface area contributed by atoms with Crippen LogP contribution in [0.5, 0.6) is 0 Å². The summed E-state index contributed by atoms with van der Waals surface area (Å²) in [5, 5.41) is 3.36. The van der Waals surface area contributed by atoms with Crippen molar-refractivity contribution in [3.05, 3.63) is 28.2 Å². The van der Waals surface area contributed by atoms with Gasteiger partial charge < -0.3 is 10.2 Å². The van der Waals surface area contributed by atoms with Gasteiger partial charge in [0.2, 0.25) is 0 Å². The van der Waals surface area contributed by atoms with Crippen molar-refractivity contribution in [1.29, 1.82) is 0 Å². The van der Waals surface area contributed by atoms with Gasteiger partial charge in [0.05, 0.1) is 0 Å². The van der Waals surface area contributed by atoms with Crippen molar-refractivity contribution in [2.75, 3.05) is 18.5 Å². The number of benzene rings is 1. The molecule has 1 N–H and O–H groups in total. The van der Waals surface area contributed by atoms with Gasteiger partial charge in [-0.15, -0.1) is 0 Å². The van der Waals surface area contributed by atoms with Crippen LogP contribution in [0.2, 0.25) is 0 Å². The quantitative estimate of drug-likeness (QED) is 0.797. The van der Waals surface area contributed by atoms with Crippen LogP contribution in [0.1, 0.15) is 39.7 Å². The van der Waals surface area contributed by atoms with E-state index in [0.29, 0.717) is 6.04 Å². The van der Waals surface area contributed by atoms with Gasteiger partial charge in [0, 0.05) is 29.8 Å². The summed E-state index contributed by atoms with van der Waals surface area (Å²) in [6, 6.07) is 7.21. The molecule has 0 saturated heterocycles. The maximum absolute atomic E-state index is 3.68. The third-order valence-electron chi connectivity index (χ3n) is 3.48. The largest absolute Gasteiger partial charge is 0.372 e. The smallest absolute Gasteiger partial charge is 0.0377 e. The lowest BCUT2D eigenvalue weighted by Gasteiger charge is -2.29. The second-order valence-corrected chi connectivity index (χ2v) is 6.50. The molecule has 108 valence electrons. The molecule has 0 amide bonds. The molecule has 0 saturated carbocycles. The molecule has 0 aliphatic heterocycles. The molecule has 0 aliphatic rings. The Hall–Kier alpha value is -0.540. The van der Waals surface area contributed by atoms with E-state index in [1.165, 1.54) is 22.1 Å².